The number of carbonyl (C=O) groups is 1. The first-order chi connectivity index (χ1) is 8.42. The van der Waals surface area contributed by atoms with Crippen LogP contribution in [-0.2, 0) is 4.74 Å². The van der Waals surface area contributed by atoms with Crippen molar-refractivity contribution in [3.63, 3.8) is 0 Å². The molecular weight excluding hydrogens is 298 g/mol. The van der Waals surface area contributed by atoms with E-state index in [0.29, 0.717) is 6.61 Å². The van der Waals surface area contributed by atoms with Gasteiger partial charge in [-0.25, -0.2) is 0 Å². The molecule has 0 radical (unpaired) electrons. The van der Waals surface area contributed by atoms with Crippen LogP contribution in [0.25, 0.3) is 0 Å². The van der Waals surface area contributed by atoms with E-state index in [0.717, 1.165) is 10.9 Å². The molecule has 1 aromatic carbocycles. The van der Waals surface area contributed by atoms with Gasteiger partial charge in [-0.2, -0.15) is 0 Å². The largest absolute Gasteiger partial charge is 0.507 e. The highest BCUT2D eigenvalue weighted by molar-refractivity contribution is 9.10. The minimum Gasteiger partial charge on any atom is -0.507 e. The molecular formula is C13H16BrNO3. The number of carbonyl (C=O) groups excluding carboxylic acids is 1. The Labute approximate surface area is 114 Å². The lowest BCUT2D eigenvalue weighted by molar-refractivity contribution is 0.0725. The third-order valence-corrected chi connectivity index (χ3v) is 3.98. The van der Waals surface area contributed by atoms with Crippen LogP contribution in [0.1, 0.15) is 30.6 Å². The normalized spacial score (nSPS) is 27.2. The Kier molecular flexibility index (Phi) is 3.64. The molecule has 1 saturated heterocycles. The second-order valence-electron chi connectivity index (χ2n) is 4.80. The minimum atomic E-state index is -0.383. The number of ether oxygens (including phenoxy) is 1. The van der Waals surface area contributed by atoms with Gasteiger partial charge in [0.1, 0.15) is 5.75 Å². The zero-order valence-electron chi connectivity index (χ0n) is 10.4. The highest BCUT2D eigenvalue weighted by atomic mass is 79.9. The highest BCUT2D eigenvalue weighted by Gasteiger charge is 2.38. The first-order valence-corrected chi connectivity index (χ1v) is 6.64. The third-order valence-electron chi connectivity index (χ3n) is 3.49. The van der Waals surface area contributed by atoms with Gasteiger partial charge >= 0.3 is 0 Å². The second kappa shape index (κ2) is 4.90. The summed E-state index contributed by atoms with van der Waals surface area (Å²) in [5.74, 6) is -0.306. The molecule has 0 aromatic heterocycles. The maximum Gasteiger partial charge on any atom is 0.255 e. The van der Waals surface area contributed by atoms with Crippen molar-refractivity contribution in [2.45, 2.75) is 31.9 Å². The summed E-state index contributed by atoms with van der Waals surface area (Å²) < 4.78 is 6.23. The molecule has 0 spiro atoms. The maximum atomic E-state index is 12.2. The Balaban J connectivity index is 2.19. The van der Waals surface area contributed by atoms with Crippen molar-refractivity contribution in [1.29, 1.82) is 0 Å². The zero-order valence-corrected chi connectivity index (χ0v) is 12.0. The summed E-state index contributed by atoms with van der Waals surface area (Å²) >= 11 is 3.29. The van der Waals surface area contributed by atoms with Gasteiger partial charge in [-0.3, -0.25) is 4.79 Å². The van der Waals surface area contributed by atoms with E-state index in [9.17, 15) is 9.90 Å². The molecule has 0 bridgehead atoms. The molecule has 1 fully saturated rings. The van der Waals surface area contributed by atoms with Gasteiger partial charge in [0.25, 0.3) is 5.91 Å². The number of nitrogens with one attached hydrogen (secondary N) is 1. The van der Waals surface area contributed by atoms with Gasteiger partial charge in [-0.15, -0.1) is 0 Å². The lowest BCUT2D eigenvalue weighted by Crippen LogP contribution is -2.50. The van der Waals surface area contributed by atoms with E-state index < -0.39 is 0 Å². The fourth-order valence-electron chi connectivity index (χ4n) is 2.02. The van der Waals surface area contributed by atoms with Crippen LogP contribution in [0.3, 0.4) is 0 Å². The monoisotopic (exact) mass is 313 g/mol. The summed E-state index contributed by atoms with van der Waals surface area (Å²) in [6.07, 6.45) is 0.741. The topological polar surface area (TPSA) is 58.6 Å². The molecule has 1 aliphatic heterocycles. The van der Waals surface area contributed by atoms with E-state index in [-0.39, 0.29) is 28.9 Å². The zero-order chi connectivity index (χ0) is 13.3. The number of aromatic hydroxyl groups is 1. The lowest BCUT2D eigenvalue weighted by atomic mass is 9.94. The highest BCUT2D eigenvalue weighted by Crippen LogP contribution is 2.27. The Morgan fingerprint density at radius 2 is 2.33 bits per heavy atom. The fourth-order valence-corrected chi connectivity index (χ4v) is 2.38. The molecule has 2 N–H and O–H groups in total. The van der Waals surface area contributed by atoms with Gasteiger partial charge in [0.05, 0.1) is 17.2 Å². The number of phenols is 1. The Morgan fingerprint density at radius 3 is 2.94 bits per heavy atom. The fraction of sp³-hybridized carbons (Fsp3) is 0.462. The molecule has 1 aromatic rings. The predicted molar refractivity (Wildman–Crippen MR) is 71.7 cm³/mol. The van der Waals surface area contributed by atoms with Crippen LogP contribution in [0.4, 0.5) is 0 Å². The average Bonchev–Trinajstić information content (AvgIpc) is 2.62. The van der Waals surface area contributed by atoms with Gasteiger partial charge in [-0.05, 0) is 38.5 Å². The van der Waals surface area contributed by atoms with Gasteiger partial charge in [0, 0.05) is 11.1 Å². The molecule has 2 rings (SSSR count). The summed E-state index contributed by atoms with van der Waals surface area (Å²) in [6, 6.07) is 4.79. The predicted octanol–water partition coefficient (Wildman–Crippen LogP) is 2.45. The quantitative estimate of drug-likeness (QED) is 0.881. The molecule has 2 atom stereocenters. The van der Waals surface area contributed by atoms with E-state index in [1.807, 2.05) is 13.8 Å². The van der Waals surface area contributed by atoms with Crippen LogP contribution in [0.15, 0.2) is 22.7 Å². The van der Waals surface area contributed by atoms with Crippen LogP contribution in [0.5, 0.6) is 5.75 Å². The summed E-state index contributed by atoms with van der Waals surface area (Å²) in [5, 5.41) is 12.7. The van der Waals surface area contributed by atoms with Crippen LogP contribution >= 0.6 is 15.9 Å². The molecule has 2 unspecified atom stereocenters. The number of rotatable bonds is 2. The van der Waals surface area contributed by atoms with E-state index in [1.54, 1.807) is 12.1 Å². The average molecular weight is 314 g/mol. The van der Waals surface area contributed by atoms with Gasteiger partial charge in [0.15, 0.2) is 0 Å². The Bertz CT molecular complexity index is 477. The molecule has 1 aliphatic rings. The summed E-state index contributed by atoms with van der Waals surface area (Å²) in [7, 11) is 0. The van der Waals surface area contributed by atoms with Crippen LogP contribution < -0.4 is 5.32 Å². The molecule has 1 heterocycles. The number of hydrogen-bond acceptors (Lipinski definition) is 3. The molecule has 98 valence electrons. The smallest absolute Gasteiger partial charge is 0.255 e. The van der Waals surface area contributed by atoms with E-state index in [4.69, 9.17) is 4.74 Å². The van der Waals surface area contributed by atoms with Crippen molar-refractivity contribution >= 4 is 21.8 Å². The van der Waals surface area contributed by atoms with Crippen molar-refractivity contribution in [2.75, 3.05) is 6.61 Å². The number of benzene rings is 1. The number of halogens is 1. The standard InChI is InChI=1S/C13H16BrNO3/c1-8-13(2,5-6-18-8)15-12(17)10-7-9(14)3-4-11(10)16/h3-4,7-8,16H,5-6H2,1-2H3,(H,15,17). The third kappa shape index (κ3) is 2.52. The minimum absolute atomic E-state index is 0.0223. The van der Waals surface area contributed by atoms with Crippen molar-refractivity contribution in [3.05, 3.63) is 28.2 Å². The molecule has 4 nitrogen and oxygen atoms in total. The summed E-state index contributed by atoms with van der Waals surface area (Å²) in [6.45, 7) is 4.54. The molecule has 5 heteroatoms. The van der Waals surface area contributed by atoms with E-state index >= 15 is 0 Å². The Hall–Kier alpha value is -1.07. The first-order valence-electron chi connectivity index (χ1n) is 5.85. The molecule has 0 aliphatic carbocycles. The second-order valence-corrected chi connectivity index (χ2v) is 5.71. The van der Waals surface area contributed by atoms with E-state index in [2.05, 4.69) is 21.2 Å². The van der Waals surface area contributed by atoms with Crippen LogP contribution in [0.2, 0.25) is 0 Å². The molecule has 1 amide bonds. The van der Waals surface area contributed by atoms with Crippen LogP contribution in [0, 0.1) is 0 Å². The van der Waals surface area contributed by atoms with Crippen molar-refractivity contribution in [2.24, 2.45) is 0 Å². The van der Waals surface area contributed by atoms with Crippen LogP contribution in [-0.4, -0.2) is 29.3 Å². The van der Waals surface area contributed by atoms with Crippen molar-refractivity contribution in [3.8, 4) is 5.75 Å². The Morgan fingerprint density at radius 1 is 1.61 bits per heavy atom. The van der Waals surface area contributed by atoms with Gasteiger partial charge in [-0.1, -0.05) is 15.9 Å². The molecule has 0 saturated carbocycles. The van der Waals surface area contributed by atoms with Gasteiger partial charge < -0.3 is 15.2 Å². The van der Waals surface area contributed by atoms with Crippen molar-refractivity contribution in [1.82, 2.24) is 5.32 Å². The lowest BCUT2D eigenvalue weighted by Gasteiger charge is -2.29. The first kappa shape index (κ1) is 13.4. The van der Waals surface area contributed by atoms with E-state index in [1.165, 1.54) is 6.07 Å². The van der Waals surface area contributed by atoms with Gasteiger partial charge in [0.2, 0.25) is 0 Å². The summed E-state index contributed by atoms with van der Waals surface area (Å²) in [5.41, 5.74) is -0.115. The number of phenolic OH excluding ortho intramolecular Hbond substituents is 1. The molecule has 18 heavy (non-hydrogen) atoms. The summed E-state index contributed by atoms with van der Waals surface area (Å²) in [4.78, 5) is 12.2. The number of amides is 1. The van der Waals surface area contributed by atoms with Crippen molar-refractivity contribution < 1.29 is 14.6 Å². The number of hydrogen-bond donors (Lipinski definition) is 2. The maximum absolute atomic E-state index is 12.2. The SMILES string of the molecule is CC1OCCC1(C)NC(=O)c1cc(Br)ccc1O.